The maximum atomic E-state index is 11.6. The summed E-state index contributed by atoms with van der Waals surface area (Å²) >= 11 is 0. The van der Waals surface area contributed by atoms with Gasteiger partial charge in [0, 0.05) is 18.6 Å². The molecule has 0 fully saturated rings. The molecule has 2 N–H and O–H groups in total. The lowest BCUT2D eigenvalue weighted by molar-refractivity contribution is -0.157. The molecule has 0 spiro atoms. The summed E-state index contributed by atoms with van der Waals surface area (Å²) in [6, 6.07) is -0.356. The third kappa shape index (κ3) is 6.80. The van der Waals surface area contributed by atoms with Crippen molar-refractivity contribution in [2.45, 2.75) is 53.2 Å². The summed E-state index contributed by atoms with van der Waals surface area (Å²) in [5, 5.41) is 12.1. The Morgan fingerprint density at radius 1 is 1.31 bits per heavy atom. The van der Waals surface area contributed by atoms with Gasteiger partial charge in [0.25, 0.3) is 0 Å². The van der Waals surface area contributed by atoms with E-state index in [1.54, 1.807) is 6.92 Å². The Morgan fingerprint density at radius 2 is 1.81 bits per heavy atom. The molecule has 0 saturated carbocycles. The zero-order valence-corrected chi connectivity index (χ0v) is 11.3. The minimum absolute atomic E-state index is 0.0844. The average Bonchev–Trinajstić information content (AvgIpc) is 2.11. The first-order valence-electron chi connectivity index (χ1n) is 5.64. The first kappa shape index (κ1) is 15.4. The van der Waals surface area contributed by atoms with E-state index in [1.807, 2.05) is 34.6 Å². The second-order valence-electron chi connectivity index (χ2n) is 5.96. The zero-order valence-electron chi connectivity index (χ0n) is 11.3. The summed E-state index contributed by atoms with van der Waals surface area (Å²) in [6.45, 7) is 11.8. The van der Waals surface area contributed by atoms with Crippen LogP contribution in [0.4, 0.5) is 0 Å². The smallest absolute Gasteiger partial charge is 0.323 e. The second-order valence-corrected chi connectivity index (χ2v) is 5.96. The van der Waals surface area contributed by atoms with Gasteiger partial charge in [0.1, 0.15) is 11.6 Å². The van der Waals surface area contributed by atoms with E-state index in [1.165, 1.54) is 0 Å². The Morgan fingerprint density at radius 3 is 2.19 bits per heavy atom. The van der Waals surface area contributed by atoms with E-state index in [0.717, 1.165) is 0 Å². The van der Waals surface area contributed by atoms with Crippen LogP contribution in [-0.4, -0.2) is 35.9 Å². The van der Waals surface area contributed by atoms with E-state index < -0.39 is 5.60 Å². The van der Waals surface area contributed by atoms with Gasteiger partial charge in [0.05, 0.1) is 0 Å². The highest BCUT2D eigenvalue weighted by Crippen LogP contribution is 2.12. The lowest BCUT2D eigenvalue weighted by Crippen LogP contribution is -2.43. The number of hydrogen-bond acceptors (Lipinski definition) is 4. The Bertz CT molecular complexity index is 231. The largest absolute Gasteiger partial charge is 0.459 e. The van der Waals surface area contributed by atoms with Crippen molar-refractivity contribution in [3.8, 4) is 0 Å². The number of aliphatic hydroxyl groups is 1. The average molecular weight is 231 g/mol. The van der Waals surface area contributed by atoms with E-state index >= 15 is 0 Å². The molecular formula is C12H25NO3. The molecule has 0 saturated heterocycles. The molecule has 1 unspecified atom stereocenters. The third-order valence-corrected chi connectivity index (χ3v) is 2.08. The van der Waals surface area contributed by atoms with Crippen molar-refractivity contribution < 1.29 is 14.6 Å². The van der Waals surface area contributed by atoms with Gasteiger partial charge in [0.15, 0.2) is 0 Å². The molecule has 0 aromatic heterocycles. The monoisotopic (exact) mass is 231 g/mol. The summed E-state index contributed by atoms with van der Waals surface area (Å²) in [5.74, 6) is -0.263. The van der Waals surface area contributed by atoms with Crippen LogP contribution in [-0.2, 0) is 9.53 Å². The Labute approximate surface area is 98.4 Å². The van der Waals surface area contributed by atoms with Crippen LogP contribution in [0.2, 0.25) is 0 Å². The van der Waals surface area contributed by atoms with Gasteiger partial charge in [-0.25, -0.2) is 0 Å². The van der Waals surface area contributed by atoms with Crippen LogP contribution in [0.5, 0.6) is 0 Å². The van der Waals surface area contributed by atoms with Gasteiger partial charge in [-0.2, -0.15) is 0 Å². The highest BCUT2D eigenvalue weighted by atomic mass is 16.6. The SMILES string of the molecule is CC(NCC(C)(C)CO)C(=O)OC(C)(C)C. The highest BCUT2D eigenvalue weighted by Gasteiger charge is 2.24. The maximum absolute atomic E-state index is 11.6. The molecule has 0 aromatic rings. The molecule has 0 aliphatic carbocycles. The number of esters is 1. The number of carbonyl (C=O) groups excluding carboxylic acids is 1. The topological polar surface area (TPSA) is 58.6 Å². The molecule has 16 heavy (non-hydrogen) atoms. The van der Waals surface area contributed by atoms with Gasteiger partial charge in [0.2, 0.25) is 0 Å². The minimum atomic E-state index is -0.459. The van der Waals surface area contributed by atoms with Crippen LogP contribution in [0.25, 0.3) is 0 Å². The summed E-state index contributed by atoms with van der Waals surface area (Å²) < 4.78 is 5.23. The van der Waals surface area contributed by atoms with Crippen LogP contribution in [0.1, 0.15) is 41.5 Å². The second kappa shape index (κ2) is 5.64. The zero-order chi connectivity index (χ0) is 13.0. The standard InChI is InChI=1S/C12H25NO3/c1-9(10(15)16-11(2,3)4)13-7-12(5,6)8-14/h9,13-14H,7-8H2,1-6H3. The number of carbonyl (C=O) groups is 1. The fourth-order valence-electron chi connectivity index (χ4n) is 0.959. The van der Waals surface area contributed by atoms with E-state index in [2.05, 4.69) is 5.32 Å². The first-order chi connectivity index (χ1) is 7.07. The quantitative estimate of drug-likeness (QED) is 0.701. The highest BCUT2D eigenvalue weighted by molar-refractivity contribution is 5.75. The van der Waals surface area contributed by atoms with Gasteiger partial charge < -0.3 is 15.2 Å². The molecule has 0 bridgehead atoms. The van der Waals surface area contributed by atoms with Crippen molar-refractivity contribution in [3.05, 3.63) is 0 Å². The molecule has 4 heteroatoms. The van der Waals surface area contributed by atoms with Crippen molar-refractivity contribution >= 4 is 5.97 Å². The predicted molar refractivity (Wildman–Crippen MR) is 64.2 cm³/mol. The first-order valence-corrected chi connectivity index (χ1v) is 5.64. The fourth-order valence-corrected chi connectivity index (χ4v) is 0.959. The van der Waals surface area contributed by atoms with Crippen molar-refractivity contribution in [2.75, 3.05) is 13.2 Å². The molecule has 0 rings (SSSR count). The lowest BCUT2D eigenvalue weighted by atomic mass is 9.95. The Balaban J connectivity index is 4.08. The summed E-state index contributed by atoms with van der Waals surface area (Å²) in [5.41, 5.74) is -0.685. The molecule has 4 nitrogen and oxygen atoms in total. The van der Waals surface area contributed by atoms with Crippen molar-refractivity contribution in [1.29, 1.82) is 0 Å². The predicted octanol–water partition coefficient (Wildman–Crippen LogP) is 1.32. The van der Waals surface area contributed by atoms with Crippen molar-refractivity contribution in [2.24, 2.45) is 5.41 Å². The summed E-state index contributed by atoms with van der Waals surface area (Å²) in [7, 11) is 0. The van der Waals surface area contributed by atoms with Gasteiger partial charge in [-0.05, 0) is 27.7 Å². The number of aliphatic hydroxyl groups excluding tert-OH is 1. The Hall–Kier alpha value is -0.610. The molecule has 0 radical (unpaired) electrons. The van der Waals surface area contributed by atoms with Crippen LogP contribution < -0.4 is 5.32 Å². The van der Waals surface area contributed by atoms with Crippen molar-refractivity contribution in [3.63, 3.8) is 0 Å². The van der Waals surface area contributed by atoms with E-state index in [9.17, 15) is 4.79 Å². The van der Waals surface area contributed by atoms with Crippen LogP contribution >= 0.6 is 0 Å². The molecule has 0 aliphatic heterocycles. The fraction of sp³-hybridized carbons (Fsp3) is 0.917. The summed E-state index contributed by atoms with van der Waals surface area (Å²) in [4.78, 5) is 11.6. The van der Waals surface area contributed by atoms with Gasteiger partial charge in [-0.3, -0.25) is 4.79 Å². The Kier molecular flexibility index (Phi) is 5.42. The molecule has 0 amide bonds. The number of nitrogens with one attached hydrogen (secondary N) is 1. The van der Waals surface area contributed by atoms with E-state index in [4.69, 9.17) is 9.84 Å². The molecule has 1 atom stereocenters. The number of rotatable bonds is 5. The van der Waals surface area contributed by atoms with Crippen molar-refractivity contribution in [1.82, 2.24) is 5.32 Å². The maximum Gasteiger partial charge on any atom is 0.323 e. The van der Waals surface area contributed by atoms with Gasteiger partial charge >= 0.3 is 5.97 Å². The molecule has 96 valence electrons. The van der Waals surface area contributed by atoms with Crippen LogP contribution in [0.3, 0.4) is 0 Å². The lowest BCUT2D eigenvalue weighted by Gasteiger charge is -2.26. The van der Waals surface area contributed by atoms with Gasteiger partial charge in [-0.1, -0.05) is 13.8 Å². The summed E-state index contributed by atoms with van der Waals surface area (Å²) in [6.07, 6.45) is 0. The minimum Gasteiger partial charge on any atom is -0.459 e. The van der Waals surface area contributed by atoms with Crippen LogP contribution in [0.15, 0.2) is 0 Å². The van der Waals surface area contributed by atoms with E-state index in [0.29, 0.717) is 6.54 Å². The van der Waals surface area contributed by atoms with Crippen LogP contribution in [0, 0.1) is 5.41 Å². The molecular weight excluding hydrogens is 206 g/mol. The number of ether oxygens (including phenoxy) is 1. The third-order valence-electron chi connectivity index (χ3n) is 2.08. The van der Waals surface area contributed by atoms with Gasteiger partial charge in [-0.15, -0.1) is 0 Å². The normalized spacial score (nSPS) is 14.7. The molecule has 0 aromatic carbocycles. The number of hydrogen-bond donors (Lipinski definition) is 2. The molecule has 0 heterocycles. The molecule has 0 aliphatic rings. The van der Waals surface area contributed by atoms with E-state index in [-0.39, 0.29) is 24.0 Å².